The van der Waals surface area contributed by atoms with Gasteiger partial charge in [-0.3, -0.25) is 9.59 Å². The Morgan fingerprint density at radius 1 is 1.12 bits per heavy atom. The van der Waals surface area contributed by atoms with E-state index >= 15 is 0 Å². The van der Waals surface area contributed by atoms with E-state index in [0.29, 0.717) is 5.02 Å². The molecule has 0 saturated heterocycles. The van der Waals surface area contributed by atoms with Crippen molar-refractivity contribution in [2.24, 2.45) is 11.8 Å². The fourth-order valence-corrected chi connectivity index (χ4v) is 3.55. The van der Waals surface area contributed by atoms with Crippen molar-refractivity contribution >= 4 is 29.1 Å². The number of nitrogens with zero attached hydrogens (tertiary/aromatic N) is 1. The van der Waals surface area contributed by atoms with E-state index in [0.717, 1.165) is 50.0 Å². The molecule has 0 aromatic heterocycles. The van der Waals surface area contributed by atoms with Crippen LogP contribution in [0.5, 0.6) is 0 Å². The van der Waals surface area contributed by atoms with Crippen LogP contribution in [0, 0.1) is 18.8 Å². The van der Waals surface area contributed by atoms with Crippen molar-refractivity contribution in [2.45, 2.75) is 46.5 Å². The molecule has 2 rings (SSSR count). The Labute approximate surface area is 149 Å². The van der Waals surface area contributed by atoms with Gasteiger partial charge in [0.25, 0.3) is 0 Å². The van der Waals surface area contributed by atoms with Crippen molar-refractivity contribution in [2.75, 3.05) is 18.4 Å². The zero-order valence-electron chi connectivity index (χ0n) is 14.8. The van der Waals surface area contributed by atoms with Crippen LogP contribution in [0.2, 0.25) is 5.02 Å². The number of halogens is 1. The molecule has 0 atom stereocenters. The molecule has 4 nitrogen and oxygen atoms in total. The third kappa shape index (κ3) is 4.29. The number of carbonyl (C=O) groups is 2. The molecule has 0 radical (unpaired) electrons. The van der Waals surface area contributed by atoms with Gasteiger partial charge in [-0.1, -0.05) is 17.7 Å². The standard InChI is InChI=1S/C19H27ClN2O2/c1-4-22(5-2)19(24)15-11-9-14(10-12-15)18(23)21-17-8-6-7-16(20)13(17)3/h6-8,14-15H,4-5,9-12H2,1-3H3,(H,21,23). The zero-order chi connectivity index (χ0) is 17.7. The highest BCUT2D eigenvalue weighted by Crippen LogP contribution is 2.31. The number of hydrogen-bond donors (Lipinski definition) is 1. The number of nitrogens with one attached hydrogen (secondary N) is 1. The molecule has 1 saturated carbocycles. The lowest BCUT2D eigenvalue weighted by Crippen LogP contribution is -2.38. The van der Waals surface area contributed by atoms with Crippen LogP contribution in [0.1, 0.15) is 45.1 Å². The number of carbonyl (C=O) groups excluding carboxylic acids is 2. The minimum atomic E-state index is -0.0239. The summed E-state index contributed by atoms with van der Waals surface area (Å²) in [7, 11) is 0. The molecule has 1 fully saturated rings. The van der Waals surface area contributed by atoms with Gasteiger partial charge in [0.15, 0.2) is 0 Å². The summed E-state index contributed by atoms with van der Waals surface area (Å²) < 4.78 is 0. The van der Waals surface area contributed by atoms with Gasteiger partial charge in [-0.15, -0.1) is 0 Å². The molecule has 2 amide bonds. The first-order valence-corrected chi connectivity index (χ1v) is 9.20. The molecule has 0 bridgehead atoms. The Kier molecular flexibility index (Phi) is 6.67. The number of amides is 2. The van der Waals surface area contributed by atoms with Gasteiger partial charge in [-0.25, -0.2) is 0 Å². The molecule has 1 aromatic carbocycles. The van der Waals surface area contributed by atoms with E-state index < -0.39 is 0 Å². The number of anilines is 1. The Bertz CT molecular complexity index is 591. The maximum Gasteiger partial charge on any atom is 0.227 e. The van der Waals surface area contributed by atoms with Crippen LogP contribution in [0.25, 0.3) is 0 Å². The summed E-state index contributed by atoms with van der Waals surface area (Å²) >= 11 is 6.10. The van der Waals surface area contributed by atoms with E-state index in [4.69, 9.17) is 11.6 Å². The zero-order valence-corrected chi connectivity index (χ0v) is 15.5. The van der Waals surface area contributed by atoms with Crippen LogP contribution in [-0.2, 0) is 9.59 Å². The molecular formula is C19H27ClN2O2. The topological polar surface area (TPSA) is 49.4 Å². The van der Waals surface area contributed by atoms with Crippen molar-refractivity contribution in [3.63, 3.8) is 0 Å². The molecule has 0 heterocycles. The van der Waals surface area contributed by atoms with Crippen LogP contribution in [0.4, 0.5) is 5.69 Å². The second kappa shape index (κ2) is 8.52. The second-order valence-electron chi connectivity index (χ2n) is 6.46. The van der Waals surface area contributed by atoms with Gasteiger partial charge in [0.2, 0.25) is 11.8 Å². The minimum Gasteiger partial charge on any atom is -0.343 e. The van der Waals surface area contributed by atoms with Crippen molar-refractivity contribution in [3.05, 3.63) is 28.8 Å². The van der Waals surface area contributed by atoms with Crippen LogP contribution in [-0.4, -0.2) is 29.8 Å². The quantitative estimate of drug-likeness (QED) is 0.862. The van der Waals surface area contributed by atoms with Gasteiger partial charge in [-0.05, 0) is 64.2 Å². The summed E-state index contributed by atoms with van der Waals surface area (Å²) in [6.45, 7) is 7.42. The molecule has 1 N–H and O–H groups in total. The Balaban J connectivity index is 1.91. The molecule has 1 aromatic rings. The summed E-state index contributed by atoms with van der Waals surface area (Å²) in [6, 6.07) is 5.52. The van der Waals surface area contributed by atoms with Gasteiger partial charge < -0.3 is 10.2 Å². The first-order chi connectivity index (χ1) is 11.5. The lowest BCUT2D eigenvalue weighted by atomic mass is 9.81. The maximum absolute atomic E-state index is 12.5. The number of benzene rings is 1. The van der Waals surface area contributed by atoms with Crippen molar-refractivity contribution in [1.29, 1.82) is 0 Å². The maximum atomic E-state index is 12.5. The lowest BCUT2D eigenvalue weighted by molar-refractivity contribution is -0.137. The van der Waals surface area contributed by atoms with Crippen LogP contribution >= 0.6 is 11.6 Å². The molecule has 0 aliphatic heterocycles. The van der Waals surface area contributed by atoms with E-state index in [2.05, 4.69) is 5.32 Å². The Morgan fingerprint density at radius 3 is 2.29 bits per heavy atom. The highest BCUT2D eigenvalue weighted by Gasteiger charge is 2.31. The summed E-state index contributed by atoms with van der Waals surface area (Å²) in [4.78, 5) is 26.8. The highest BCUT2D eigenvalue weighted by molar-refractivity contribution is 6.31. The summed E-state index contributed by atoms with van der Waals surface area (Å²) in [6.07, 6.45) is 3.12. The van der Waals surface area contributed by atoms with Crippen LogP contribution in [0.15, 0.2) is 18.2 Å². The highest BCUT2D eigenvalue weighted by atomic mass is 35.5. The van der Waals surface area contributed by atoms with Crippen molar-refractivity contribution in [3.8, 4) is 0 Å². The van der Waals surface area contributed by atoms with E-state index in [1.54, 1.807) is 0 Å². The normalized spacial score (nSPS) is 20.5. The Hall–Kier alpha value is -1.55. The van der Waals surface area contributed by atoms with E-state index in [1.165, 1.54) is 0 Å². The first kappa shape index (κ1) is 18.8. The summed E-state index contributed by atoms with van der Waals surface area (Å²) in [5.41, 5.74) is 1.66. The SMILES string of the molecule is CCN(CC)C(=O)C1CCC(C(=O)Nc2cccc(Cl)c2C)CC1. The monoisotopic (exact) mass is 350 g/mol. The third-order valence-corrected chi connectivity index (χ3v) is 5.46. The van der Waals surface area contributed by atoms with Crippen molar-refractivity contribution < 1.29 is 9.59 Å². The minimum absolute atomic E-state index is 0.0239. The predicted molar refractivity (Wildman–Crippen MR) is 98.2 cm³/mol. The Morgan fingerprint density at radius 2 is 1.71 bits per heavy atom. The molecule has 1 aliphatic carbocycles. The lowest BCUT2D eigenvalue weighted by Gasteiger charge is -2.30. The predicted octanol–water partition coefficient (Wildman–Crippen LogP) is 4.26. The van der Waals surface area contributed by atoms with Gasteiger partial charge in [0, 0.05) is 35.6 Å². The van der Waals surface area contributed by atoms with E-state index in [9.17, 15) is 9.59 Å². The summed E-state index contributed by atoms with van der Waals surface area (Å²) in [5, 5.41) is 3.65. The second-order valence-corrected chi connectivity index (χ2v) is 6.87. The average Bonchev–Trinajstić information content (AvgIpc) is 2.60. The molecule has 5 heteroatoms. The van der Waals surface area contributed by atoms with Crippen LogP contribution < -0.4 is 5.32 Å². The molecular weight excluding hydrogens is 324 g/mol. The fourth-order valence-electron chi connectivity index (χ4n) is 3.37. The van der Waals surface area contributed by atoms with Crippen molar-refractivity contribution in [1.82, 2.24) is 4.90 Å². The molecule has 1 aliphatic rings. The van der Waals surface area contributed by atoms with E-state index in [-0.39, 0.29) is 23.7 Å². The molecule has 0 spiro atoms. The van der Waals surface area contributed by atoms with Gasteiger partial charge >= 0.3 is 0 Å². The van der Waals surface area contributed by atoms with Gasteiger partial charge in [0.05, 0.1) is 0 Å². The molecule has 24 heavy (non-hydrogen) atoms. The molecule has 0 unspecified atom stereocenters. The summed E-state index contributed by atoms with van der Waals surface area (Å²) in [5.74, 6) is 0.324. The smallest absolute Gasteiger partial charge is 0.227 e. The first-order valence-electron chi connectivity index (χ1n) is 8.82. The van der Waals surface area contributed by atoms with Gasteiger partial charge in [0.1, 0.15) is 0 Å². The third-order valence-electron chi connectivity index (χ3n) is 5.05. The van der Waals surface area contributed by atoms with Gasteiger partial charge in [-0.2, -0.15) is 0 Å². The number of rotatable bonds is 5. The largest absolute Gasteiger partial charge is 0.343 e. The van der Waals surface area contributed by atoms with E-state index in [1.807, 2.05) is 43.9 Å². The molecule has 132 valence electrons. The van der Waals surface area contributed by atoms with Crippen LogP contribution in [0.3, 0.4) is 0 Å². The average molecular weight is 351 g/mol. The number of hydrogen-bond acceptors (Lipinski definition) is 2. The fraction of sp³-hybridized carbons (Fsp3) is 0.579.